The molecule has 0 saturated carbocycles. The molecule has 0 spiro atoms. The van der Waals surface area contributed by atoms with Gasteiger partial charge in [0, 0.05) is 18.4 Å². The van der Waals surface area contributed by atoms with Crippen LogP contribution < -0.4 is 4.74 Å². The first kappa shape index (κ1) is 19.1. The average molecular weight is 400 g/mol. The number of carbonyl (C=O) groups excluding carboxylic acids is 1. The molecule has 0 N–H and O–H groups in total. The van der Waals surface area contributed by atoms with E-state index in [9.17, 15) is 14.9 Å². The van der Waals surface area contributed by atoms with Crippen LogP contribution in [0.4, 0.5) is 5.69 Å². The number of aromatic nitrogens is 1. The Balaban J connectivity index is 1.63. The SMILES string of the molecule is CC(=O)Oc1cccc2ccc(/C=C/c3ccc(-c4ccccc4[N+](=O)[O-])o3)nc12. The molecule has 7 nitrogen and oxygen atoms in total. The standard InChI is InChI=1S/C23H16N2O5/c1-15(26)29-22-8-4-5-16-9-10-17(24-23(16)22)11-12-18-13-14-21(30-18)19-6-2-3-7-20(19)25(27)28/h2-14H,1H3/b12-11+. The Bertz CT molecular complexity index is 1290. The van der Waals surface area contributed by atoms with E-state index in [0.29, 0.717) is 34.0 Å². The topological polar surface area (TPSA) is 95.5 Å². The van der Waals surface area contributed by atoms with Crippen molar-refractivity contribution in [1.82, 2.24) is 4.98 Å². The highest BCUT2D eigenvalue weighted by Gasteiger charge is 2.16. The highest BCUT2D eigenvalue weighted by Crippen LogP contribution is 2.31. The van der Waals surface area contributed by atoms with Crippen molar-refractivity contribution in [3.8, 4) is 17.1 Å². The summed E-state index contributed by atoms with van der Waals surface area (Å²) < 4.78 is 11.0. The molecule has 30 heavy (non-hydrogen) atoms. The van der Waals surface area contributed by atoms with E-state index in [1.54, 1.807) is 54.6 Å². The Morgan fingerprint density at radius 1 is 1.03 bits per heavy atom. The number of hydrogen-bond acceptors (Lipinski definition) is 6. The maximum atomic E-state index is 11.3. The minimum atomic E-state index is -0.437. The fourth-order valence-corrected chi connectivity index (χ4v) is 3.06. The van der Waals surface area contributed by atoms with Gasteiger partial charge >= 0.3 is 5.97 Å². The molecule has 2 aromatic heterocycles. The summed E-state index contributed by atoms with van der Waals surface area (Å²) in [5.74, 6) is 0.916. The number of nitrogens with zero attached hydrogens (tertiary/aromatic N) is 2. The Morgan fingerprint density at radius 2 is 1.87 bits per heavy atom. The normalized spacial score (nSPS) is 11.1. The van der Waals surface area contributed by atoms with Crippen LogP contribution in [-0.4, -0.2) is 15.9 Å². The predicted octanol–water partition coefficient (Wildman–Crippen LogP) is 5.50. The monoisotopic (exact) mass is 400 g/mol. The van der Waals surface area contributed by atoms with Gasteiger partial charge in [0.1, 0.15) is 17.0 Å². The summed E-state index contributed by atoms with van der Waals surface area (Å²) in [5.41, 5.74) is 1.62. The molecule has 0 atom stereocenters. The van der Waals surface area contributed by atoms with Gasteiger partial charge in [-0.25, -0.2) is 4.98 Å². The number of rotatable bonds is 5. The van der Waals surface area contributed by atoms with Gasteiger partial charge in [0.05, 0.1) is 16.2 Å². The quantitative estimate of drug-likeness (QED) is 0.190. The summed E-state index contributed by atoms with van der Waals surface area (Å²) in [6.07, 6.45) is 3.48. The number of nitro groups is 1. The first-order chi connectivity index (χ1) is 14.5. The lowest BCUT2D eigenvalue weighted by Gasteiger charge is -2.05. The van der Waals surface area contributed by atoms with Crippen LogP contribution in [0.1, 0.15) is 18.4 Å². The predicted molar refractivity (Wildman–Crippen MR) is 113 cm³/mol. The smallest absolute Gasteiger partial charge is 0.308 e. The zero-order valence-corrected chi connectivity index (χ0v) is 15.9. The molecule has 148 valence electrons. The number of fused-ring (bicyclic) bond motifs is 1. The number of benzene rings is 2. The summed E-state index contributed by atoms with van der Waals surface area (Å²) in [4.78, 5) is 26.7. The average Bonchev–Trinajstić information content (AvgIpc) is 3.21. The van der Waals surface area contributed by atoms with Gasteiger partial charge in [-0.2, -0.15) is 0 Å². The highest BCUT2D eigenvalue weighted by molar-refractivity contribution is 5.88. The molecule has 2 heterocycles. The van der Waals surface area contributed by atoms with Crippen LogP contribution in [0.25, 0.3) is 34.4 Å². The lowest BCUT2D eigenvalue weighted by atomic mass is 10.1. The largest absolute Gasteiger partial charge is 0.456 e. The van der Waals surface area contributed by atoms with Crippen LogP contribution in [0.15, 0.2) is 71.1 Å². The van der Waals surface area contributed by atoms with Crippen molar-refractivity contribution in [3.63, 3.8) is 0 Å². The molecule has 0 bridgehead atoms. The third-order valence-electron chi connectivity index (χ3n) is 4.37. The summed E-state index contributed by atoms with van der Waals surface area (Å²) in [5, 5.41) is 12.1. The first-order valence-electron chi connectivity index (χ1n) is 9.11. The Labute approximate surface area is 171 Å². The van der Waals surface area contributed by atoms with E-state index in [1.165, 1.54) is 13.0 Å². The first-order valence-corrected chi connectivity index (χ1v) is 9.11. The molecule has 0 aliphatic rings. The number of pyridine rings is 1. The van der Waals surface area contributed by atoms with E-state index in [2.05, 4.69) is 4.98 Å². The number of furan rings is 1. The van der Waals surface area contributed by atoms with Crippen LogP contribution in [0, 0.1) is 10.1 Å². The van der Waals surface area contributed by atoms with Gasteiger partial charge in [0.15, 0.2) is 5.75 Å². The van der Waals surface area contributed by atoms with Crippen molar-refractivity contribution < 1.29 is 18.9 Å². The van der Waals surface area contributed by atoms with Gasteiger partial charge in [-0.15, -0.1) is 0 Å². The summed E-state index contributed by atoms with van der Waals surface area (Å²) in [6.45, 7) is 1.34. The molecular weight excluding hydrogens is 384 g/mol. The number of hydrogen-bond donors (Lipinski definition) is 0. The van der Waals surface area contributed by atoms with Crippen LogP contribution in [0.5, 0.6) is 5.75 Å². The van der Waals surface area contributed by atoms with E-state index in [-0.39, 0.29) is 5.69 Å². The van der Waals surface area contributed by atoms with Gasteiger partial charge in [0.2, 0.25) is 0 Å². The minimum absolute atomic E-state index is 0.0171. The van der Waals surface area contributed by atoms with Gasteiger partial charge < -0.3 is 9.15 Å². The van der Waals surface area contributed by atoms with Crippen molar-refractivity contribution in [2.75, 3.05) is 0 Å². The Hall–Kier alpha value is -4.26. The number of carbonyl (C=O) groups is 1. The Kier molecular flexibility index (Phi) is 5.09. The lowest BCUT2D eigenvalue weighted by molar-refractivity contribution is -0.384. The van der Waals surface area contributed by atoms with Crippen molar-refractivity contribution >= 4 is 34.7 Å². The van der Waals surface area contributed by atoms with Gasteiger partial charge in [-0.1, -0.05) is 30.3 Å². The second-order valence-corrected chi connectivity index (χ2v) is 6.47. The van der Waals surface area contributed by atoms with Gasteiger partial charge in [-0.3, -0.25) is 14.9 Å². The van der Waals surface area contributed by atoms with E-state index < -0.39 is 10.9 Å². The summed E-state index contributed by atoms with van der Waals surface area (Å²) in [7, 11) is 0. The fraction of sp³-hybridized carbons (Fsp3) is 0.0435. The van der Waals surface area contributed by atoms with E-state index in [4.69, 9.17) is 9.15 Å². The molecule has 4 rings (SSSR count). The molecule has 0 aliphatic heterocycles. The molecule has 2 aromatic carbocycles. The zero-order valence-electron chi connectivity index (χ0n) is 15.9. The van der Waals surface area contributed by atoms with Crippen LogP contribution in [0.3, 0.4) is 0 Å². The molecule has 0 radical (unpaired) electrons. The minimum Gasteiger partial charge on any atom is -0.456 e. The molecule has 4 aromatic rings. The number of para-hydroxylation sites is 2. The van der Waals surface area contributed by atoms with Crippen molar-refractivity contribution in [1.29, 1.82) is 0 Å². The van der Waals surface area contributed by atoms with E-state index in [1.807, 2.05) is 18.2 Å². The second-order valence-electron chi connectivity index (χ2n) is 6.47. The van der Waals surface area contributed by atoms with Crippen LogP contribution >= 0.6 is 0 Å². The van der Waals surface area contributed by atoms with Crippen LogP contribution in [-0.2, 0) is 4.79 Å². The van der Waals surface area contributed by atoms with Crippen LogP contribution in [0.2, 0.25) is 0 Å². The van der Waals surface area contributed by atoms with E-state index >= 15 is 0 Å². The van der Waals surface area contributed by atoms with Crippen molar-refractivity contribution in [2.45, 2.75) is 6.92 Å². The molecule has 0 amide bonds. The molecule has 0 saturated heterocycles. The third kappa shape index (κ3) is 3.95. The molecule has 0 fully saturated rings. The number of ether oxygens (including phenoxy) is 1. The summed E-state index contributed by atoms with van der Waals surface area (Å²) >= 11 is 0. The number of nitro benzene ring substituents is 1. The van der Waals surface area contributed by atoms with Gasteiger partial charge in [-0.05, 0) is 42.5 Å². The molecule has 0 unspecified atom stereocenters. The molecule has 0 aliphatic carbocycles. The van der Waals surface area contributed by atoms with Gasteiger partial charge in [0.25, 0.3) is 5.69 Å². The molecular formula is C23H16N2O5. The zero-order chi connectivity index (χ0) is 21.1. The second kappa shape index (κ2) is 8.00. The maximum absolute atomic E-state index is 11.3. The van der Waals surface area contributed by atoms with Crippen molar-refractivity contribution in [2.24, 2.45) is 0 Å². The lowest BCUT2D eigenvalue weighted by Crippen LogP contribution is -2.02. The third-order valence-corrected chi connectivity index (χ3v) is 4.37. The maximum Gasteiger partial charge on any atom is 0.308 e. The highest BCUT2D eigenvalue weighted by atomic mass is 16.6. The van der Waals surface area contributed by atoms with Crippen molar-refractivity contribution in [3.05, 3.63) is 88.3 Å². The number of esters is 1. The fourth-order valence-electron chi connectivity index (χ4n) is 3.06. The molecule has 7 heteroatoms. The van der Waals surface area contributed by atoms with E-state index in [0.717, 1.165) is 5.39 Å². The summed E-state index contributed by atoms with van der Waals surface area (Å²) in [6, 6.07) is 18.9. The Morgan fingerprint density at radius 3 is 2.67 bits per heavy atom.